The van der Waals surface area contributed by atoms with Gasteiger partial charge in [-0.3, -0.25) is 0 Å². The third-order valence-corrected chi connectivity index (χ3v) is 3.67. The highest BCUT2D eigenvalue weighted by Gasteiger charge is 2.14. The first kappa shape index (κ1) is 13.0. The molecule has 1 unspecified atom stereocenters. The van der Waals surface area contributed by atoms with Gasteiger partial charge < -0.3 is 10.1 Å². The zero-order chi connectivity index (χ0) is 9.80. The van der Waals surface area contributed by atoms with Crippen LogP contribution in [0.3, 0.4) is 0 Å². The Bertz CT molecular complexity index is 284. The molecule has 1 atom stereocenters. The topological polar surface area (TPSA) is 21.3 Å². The van der Waals surface area contributed by atoms with E-state index in [9.17, 15) is 0 Å². The molecular weight excluding hydrogens is 230 g/mol. The van der Waals surface area contributed by atoms with Gasteiger partial charge in [-0.1, -0.05) is 0 Å². The van der Waals surface area contributed by atoms with E-state index in [1.807, 2.05) is 11.3 Å². The Hall–Kier alpha value is -0.0900. The minimum atomic E-state index is 0. The molecule has 1 aliphatic rings. The van der Waals surface area contributed by atoms with Gasteiger partial charge in [0.15, 0.2) is 0 Å². The van der Waals surface area contributed by atoms with E-state index in [0.29, 0.717) is 6.10 Å². The van der Waals surface area contributed by atoms with Crippen LogP contribution in [0.25, 0.3) is 0 Å². The monoisotopic (exact) mass is 247 g/mol. The largest absolute Gasteiger partial charge is 0.377 e. The second-order valence-electron chi connectivity index (χ2n) is 3.79. The zero-order valence-electron chi connectivity index (χ0n) is 8.99. The lowest BCUT2D eigenvalue weighted by molar-refractivity contribution is 0.110. The molecule has 1 fully saturated rings. The molecule has 2 nitrogen and oxygen atoms in total. The first-order valence-corrected chi connectivity index (χ1v) is 6.09. The summed E-state index contributed by atoms with van der Waals surface area (Å²) in [6.45, 7) is 5.10. The van der Waals surface area contributed by atoms with Crippen molar-refractivity contribution in [2.75, 3.05) is 13.2 Å². The Balaban J connectivity index is 0.00000112. The van der Waals surface area contributed by atoms with Crippen LogP contribution in [0.15, 0.2) is 11.4 Å². The summed E-state index contributed by atoms with van der Waals surface area (Å²) in [6.07, 6.45) is 2.90. The number of aryl methyl sites for hydroxylation is 1. The maximum absolute atomic E-state index is 5.54. The number of hydrogen-bond donors (Lipinski definition) is 1. The van der Waals surface area contributed by atoms with Crippen LogP contribution in [0.5, 0.6) is 0 Å². The van der Waals surface area contributed by atoms with Crippen LogP contribution in [0.2, 0.25) is 0 Å². The zero-order valence-corrected chi connectivity index (χ0v) is 10.6. The molecule has 1 saturated heterocycles. The Kier molecular flexibility index (Phi) is 5.61. The number of ether oxygens (including phenoxy) is 1. The van der Waals surface area contributed by atoms with Gasteiger partial charge in [0, 0.05) is 24.6 Å². The maximum atomic E-state index is 5.54. The molecule has 15 heavy (non-hydrogen) atoms. The molecule has 1 aromatic heterocycles. The van der Waals surface area contributed by atoms with E-state index in [4.69, 9.17) is 4.74 Å². The number of rotatable bonds is 4. The van der Waals surface area contributed by atoms with Crippen molar-refractivity contribution in [2.24, 2.45) is 0 Å². The Morgan fingerprint density at radius 2 is 2.47 bits per heavy atom. The number of nitrogens with one attached hydrogen (secondary N) is 1. The second-order valence-corrected chi connectivity index (χ2v) is 4.79. The van der Waals surface area contributed by atoms with Gasteiger partial charge >= 0.3 is 0 Å². The molecule has 2 rings (SSSR count). The minimum Gasteiger partial charge on any atom is -0.377 e. The van der Waals surface area contributed by atoms with Crippen LogP contribution in [-0.2, 0) is 11.3 Å². The lowest BCUT2D eigenvalue weighted by Crippen LogP contribution is -2.25. The molecule has 0 spiro atoms. The highest BCUT2D eigenvalue weighted by atomic mass is 35.5. The summed E-state index contributed by atoms with van der Waals surface area (Å²) in [5.74, 6) is 0. The SMILES string of the molecule is Cc1ccsc1CNCC1CCCO1.Cl. The van der Waals surface area contributed by atoms with Crippen molar-refractivity contribution in [1.82, 2.24) is 5.32 Å². The second kappa shape index (κ2) is 6.48. The molecule has 0 saturated carbocycles. The quantitative estimate of drug-likeness (QED) is 0.884. The number of thiophene rings is 1. The summed E-state index contributed by atoms with van der Waals surface area (Å²) in [7, 11) is 0. The molecule has 86 valence electrons. The van der Waals surface area contributed by atoms with Crippen molar-refractivity contribution < 1.29 is 4.74 Å². The van der Waals surface area contributed by atoms with E-state index in [2.05, 4.69) is 23.7 Å². The average molecular weight is 248 g/mol. The van der Waals surface area contributed by atoms with Gasteiger partial charge in [0.05, 0.1) is 6.10 Å². The summed E-state index contributed by atoms with van der Waals surface area (Å²) in [4.78, 5) is 1.45. The molecule has 0 bridgehead atoms. The average Bonchev–Trinajstić information content (AvgIpc) is 2.78. The van der Waals surface area contributed by atoms with Crippen molar-refractivity contribution >= 4 is 23.7 Å². The van der Waals surface area contributed by atoms with Gasteiger partial charge in [0.2, 0.25) is 0 Å². The molecular formula is C11H18ClNOS. The van der Waals surface area contributed by atoms with E-state index in [0.717, 1.165) is 19.7 Å². The Labute approximate surface area is 101 Å². The van der Waals surface area contributed by atoms with E-state index in [1.54, 1.807) is 0 Å². The fourth-order valence-corrected chi connectivity index (χ4v) is 2.61. The molecule has 1 aliphatic heterocycles. The van der Waals surface area contributed by atoms with E-state index >= 15 is 0 Å². The summed E-state index contributed by atoms with van der Waals surface area (Å²) in [5.41, 5.74) is 1.40. The fraction of sp³-hybridized carbons (Fsp3) is 0.636. The highest BCUT2D eigenvalue weighted by Crippen LogP contribution is 2.15. The van der Waals surface area contributed by atoms with E-state index < -0.39 is 0 Å². The van der Waals surface area contributed by atoms with Gasteiger partial charge in [-0.05, 0) is 36.8 Å². The van der Waals surface area contributed by atoms with Crippen LogP contribution in [-0.4, -0.2) is 19.3 Å². The molecule has 2 heterocycles. The minimum absolute atomic E-state index is 0. The Morgan fingerprint density at radius 3 is 3.07 bits per heavy atom. The maximum Gasteiger partial charge on any atom is 0.0700 e. The molecule has 0 aromatic carbocycles. The number of halogens is 1. The van der Waals surface area contributed by atoms with Crippen molar-refractivity contribution in [3.8, 4) is 0 Å². The first-order chi connectivity index (χ1) is 6.86. The first-order valence-electron chi connectivity index (χ1n) is 5.21. The van der Waals surface area contributed by atoms with Gasteiger partial charge in [-0.25, -0.2) is 0 Å². The van der Waals surface area contributed by atoms with Crippen LogP contribution in [0.1, 0.15) is 23.3 Å². The van der Waals surface area contributed by atoms with Crippen LogP contribution < -0.4 is 5.32 Å². The van der Waals surface area contributed by atoms with Crippen LogP contribution in [0, 0.1) is 6.92 Å². The lowest BCUT2D eigenvalue weighted by Gasteiger charge is -2.10. The van der Waals surface area contributed by atoms with E-state index in [-0.39, 0.29) is 12.4 Å². The predicted octanol–water partition coefficient (Wildman–Crippen LogP) is 2.75. The van der Waals surface area contributed by atoms with Crippen molar-refractivity contribution in [3.05, 3.63) is 21.9 Å². The van der Waals surface area contributed by atoms with Gasteiger partial charge in [-0.2, -0.15) is 0 Å². The van der Waals surface area contributed by atoms with Crippen molar-refractivity contribution in [3.63, 3.8) is 0 Å². The van der Waals surface area contributed by atoms with Gasteiger partial charge in [0.1, 0.15) is 0 Å². The molecule has 4 heteroatoms. The van der Waals surface area contributed by atoms with Crippen molar-refractivity contribution in [1.29, 1.82) is 0 Å². The molecule has 0 radical (unpaired) electrons. The summed E-state index contributed by atoms with van der Waals surface area (Å²) >= 11 is 1.83. The molecule has 1 aromatic rings. The third-order valence-electron chi connectivity index (χ3n) is 2.65. The van der Waals surface area contributed by atoms with Crippen molar-refractivity contribution in [2.45, 2.75) is 32.4 Å². The summed E-state index contributed by atoms with van der Waals surface area (Å²) in [5, 5.41) is 5.61. The molecule has 1 N–H and O–H groups in total. The van der Waals surface area contributed by atoms with Gasteiger partial charge in [-0.15, -0.1) is 23.7 Å². The smallest absolute Gasteiger partial charge is 0.0700 e. The fourth-order valence-electron chi connectivity index (χ4n) is 1.74. The van der Waals surface area contributed by atoms with Crippen LogP contribution >= 0.6 is 23.7 Å². The van der Waals surface area contributed by atoms with E-state index in [1.165, 1.54) is 23.3 Å². The summed E-state index contributed by atoms with van der Waals surface area (Å²) < 4.78 is 5.54. The standard InChI is InChI=1S/C11H17NOS.ClH/c1-9-4-6-14-11(9)8-12-7-10-3-2-5-13-10;/h4,6,10,12H,2-3,5,7-8H2,1H3;1H. The highest BCUT2D eigenvalue weighted by molar-refractivity contribution is 7.10. The molecule has 0 aliphatic carbocycles. The van der Waals surface area contributed by atoms with Gasteiger partial charge in [0.25, 0.3) is 0 Å². The predicted molar refractivity (Wildman–Crippen MR) is 67.0 cm³/mol. The normalized spacial score (nSPS) is 20.2. The number of hydrogen-bond acceptors (Lipinski definition) is 3. The molecule has 0 amide bonds. The lowest BCUT2D eigenvalue weighted by atomic mass is 10.2. The third kappa shape index (κ3) is 3.76. The van der Waals surface area contributed by atoms with Crippen LogP contribution in [0.4, 0.5) is 0 Å². The Morgan fingerprint density at radius 1 is 1.60 bits per heavy atom. The summed E-state index contributed by atoms with van der Waals surface area (Å²) in [6, 6.07) is 2.17.